The molecule has 0 bridgehead atoms. The van der Waals surface area contributed by atoms with E-state index in [9.17, 15) is 14.7 Å². The summed E-state index contributed by atoms with van der Waals surface area (Å²) < 4.78 is 7.09. The average Bonchev–Trinajstić information content (AvgIpc) is 3.36. The number of aromatic nitrogens is 1. The summed E-state index contributed by atoms with van der Waals surface area (Å²) in [4.78, 5) is 24.1. The molecule has 0 aliphatic carbocycles. The highest BCUT2D eigenvalue weighted by Gasteiger charge is 2.25. The van der Waals surface area contributed by atoms with Crippen molar-refractivity contribution in [1.82, 2.24) is 4.57 Å². The first-order chi connectivity index (χ1) is 16.5. The number of ether oxygens (including phenoxy) is 1. The largest absolute Gasteiger partial charge is 0.481 e. The number of carboxylic acid groups (broad SMARTS) is 1. The summed E-state index contributed by atoms with van der Waals surface area (Å²) in [6.45, 7) is 0.110. The number of benzene rings is 3. The van der Waals surface area contributed by atoms with Gasteiger partial charge in [0.25, 0.3) is 0 Å². The van der Waals surface area contributed by atoms with E-state index in [1.807, 2.05) is 71.3 Å². The fourth-order valence-electron chi connectivity index (χ4n) is 3.65. The Hall–Kier alpha value is -4.63. The topological polar surface area (TPSA) is 92.3 Å². The summed E-state index contributed by atoms with van der Waals surface area (Å²) in [7, 11) is 0. The number of hydrogen-bond donors (Lipinski definition) is 1. The maximum absolute atomic E-state index is 12.3. The van der Waals surface area contributed by atoms with Gasteiger partial charge in [0.1, 0.15) is 6.61 Å². The Morgan fingerprint density at radius 1 is 0.912 bits per heavy atom. The molecule has 3 aromatic carbocycles. The molecule has 0 aliphatic heterocycles. The summed E-state index contributed by atoms with van der Waals surface area (Å²) >= 11 is 0. The van der Waals surface area contributed by atoms with E-state index in [0.717, 1.165) is 22.4 Å². The molecule has 1 atom stereocenters. The molecule has 4 aromatic rings. The quantitative estimate of drug-likeness (QED) is 0.367. The van der Waals surface area contributed by atoms with Gasteiger partial charge in [-0.05, 0) is 52.6 Å². The zero-order valence-corrected chi connectivity index (χ0v) is 18.3. The predicted molar refractivity (Wildman–Crippen MR) is 127 cm³/mol. The van der Waals surface area contributed by atoms with Crippen LogP contribution < -0.4 is 0 Å². The van der Waals surface area contributed by atoms with Crippen LogP contribution in [-0.4, -0.2) is 21.6 Å². The molecule has 0 aliphatic rings. The molecule has 0 radical (unpaired) electrons. The summed E-state index contributed by atoms with van der Waals surface area (Å²) in [6, 6.07) is 28.2. The van der Waals surface area contributed by atoms with Gasteiger partial charge in [-0.3, -0.25) is 9.59 Å². The highest BCUT2D eigenvalue weighted by atomic mass is 16.5. The molecule has 1 N–H and O–H groups in total. The van der Waals surface area contributed by atoms with E-state index >= 15 is 0 Å². The van der Waals surface area contributed by atoms with Gasteiger partial charge < -0.3 is 14.4 Å². The molecule has 4 rings (SSSR count). The highest BCUT2D eigenvalue weighted by molar-refractivity contribution is 5.83. The number of nitriles is 1. The second-order valence-electron chi connectivity index (χ2n) is 7.83. The Bertz CT molecular complexity index is 1320. The zero-order valence-electron chi connectivity index (χ0n) is 18.3. The lowest BCUT2D eigenvalue weighted by Gasteiger charge is -2.11. The molecule has 1 aromatic heterocycles. The van der Waals surface area contributed by atoms with Gasteiger partial charge in [-0.25, -0.2) is 0 Å². The van der Waals surface area contributed by atoms with E-state index in [-0.39, 0.29) is 13.0 Å². The average molecular weight is 450 g/mol. The van der Waals surface area contributed by atoms with Gasteiger partial charge in [-0.2, -0.15) is 5.26 Å². The third-order valence-electron chi connectivity index (χ3n) is 5.54. The van der Waals surface area contributed by atoms with E-state index < -0.39 is 17.9 Å². The van der Waals surface area contributed by atoms with Crippen molar-refractivity contribution in [3.63, 3.8) is 0 Å². The van der Waals surface area contributed by atoms with Gasteiger partial charge in [-0.1, -0.05) is 54.6 Å². The summed E-state index contributed by atoms with van der Waals surface area (Å²) in [5.74, 6) is -2.64. The number of hydrogen-bond acceptors (Lipinski definition) is 4. The minimum Gasteiger partial charge on any atom is -0.481 e. The lowest BCUT2D eigenvalue weighted by Crippen LogP contribution is -2.17. The van der Waals surface area contributed by atoms with Gasteiger partial charge in [0, 0.05) is 18.1 Å². The van der Waals surface area contributed by atoms with Crippen molar-refractivity contribution < 1.29 is 19.4 Å². The molecule has 6 heteroatoms. The molecule has 0 unspecified atom stereocenters. The van der Waals surface area contributed by atoms with Crippen molar-refractivity contribution in [2.75, 3.05) is 0 Å². The van der Waals surface area contributed by atoms with Crippen LogP contribution >= 0.6 is 0 Å². The second kappa shape index (κ2) is 10.3. The standard InChI is InChI=1S/C28H22N2O4/c29-17-20-6-8-22(9-7-20)23-10-12-25(13-11-23)30-15-14-24(18-30)26(28(32)33)16-27(31)34-19-21-4-2-1-3-5-21/h1-15,18,26H,16,19H2,(H,32,33)/t26-/m0/s1. The summed E-state index contributed by atoms with van der Waals surface area (Å²) in [5.41, 5.74) is 4.85. The molecule has 0 saturated carbocycles. The highest BCUT2D eigenvalue weighted by Crippen LogP contribution is 2.25. The summed E-state index contributed by atoms with van der Waals surface area (Å²) in [6.07, 6.45) is 3.25. The van der Waals surface area contributed by atoms with Crippen LogP contribution in [0.4, 0.5) is 0 Å². The predicted octanol–water partition coefficient (Wildman–Crippen LogP) is 5.32. The van der Waals surface area contributed by atoms with Crippen LogP contribution in [-0.2, 0) is 20.9 Å². The van der Waals surface area contributed by atoms with Crippen LogP contribution in [0.1, 0.15) is 29.0 Å². The number of carbonyl (C=O) groups is 2. The van der Waals surface area contributed by atoms with Gasteiger partial charge in [0.05, 0.1) is 24.0 Å². The number of nitrogens with zero attached hydrogens (tertiary/aromatic N) is 2. The molecular weight excluding hydrogens is 428 g/mol. The third-order valence-corrected chi connectivity index (χ3v) is 5.54. The molecule has 6 nitrogen and oxygen atoms in total. The lowest BCUT2D eigenvalue weighted by atomic mass is 9.99. The smallest absolute Gasteiger partial charge is 0.311 e. The Morgan fingerprint density at radius 2 is 1.56 bits per heavy atom. The number of aliphatic carboxylic acids is 1. The van der Waals surface area contributed by atoms with Crippen molar-refractivity contribution in [3.8, 4) is 22.9 Å². The minimum absolute atomic E-state index is 0.110. The first-order valence-corrected chi connectivity index (χ1v) is 10.7. The second-order valence-corrected chi connectivity index (χ2v) is 7.83. The third kappa shape index (κ3) is 5.40. The fraction of sp³-hybridized carbons (Fsp3) is 0.107. The fourth-order valence-corrected chi connectivity index (χ4v) is 3.65. The van der Waals surface area contributed by atoms with Crippen molar-refractivity contribution in [2.24, 2.45) is 0 Å². The van der Waals surface area contributed by atoms with E-state index in [0.29, 0.717) is 11.1 Å². The van der Waals surface area contributed by atoms with Gasteiger partial charge in [0.15, 0.2) is 0 Å². The Labute approximate surface area is 197 Å². The van der Waals surface area contributed by atoms with Gasteiger partial charge in [0.2, 0.25) is 0 Å². The van der Waals surface area contributed by atoms with E-state index in [2.05, 4.69) is 6.07 Å². The SMILES string of the molecule is N#Cc1ccc(-c2ccc(-n3ccc([C@H](CC(=O)OCc4ccccc4)C(=O)O)c3)cc2)cc1. The van der Waals surface area contributed by atoms with Crippen molar-refractivity contribution in [2.45, 2.75) is 18.9 Å². The first kappa shape index (κ1) is 22.6. The van der Waals surface area contributed by atoms with Gasteiger partial charge in [-0.15, -0.1) is 0 Å². The number of carbonyl (C=O) groups excluding carboxylic acids is 1. The zero-order chi connectivity index (χ0) is 23.9. The number of carboxylic acids is 1. The number of esters is 1. The van der Waals surface area contributed by atoms with Crippen LogP contribution in [0.15, 0.2) is 97.3 Å². The maximum Gasteiger partial charge on any atom is 0.311 e. The van der Waals surface area contributed by atoms with Crippen molar-refractivity contribution in [3.05, 3.63) is 114 Å². The Morgan fingerprint density at radius 3 is 2.18 bits per heavy atom. The van der Waals surface area contributed by atoms with E-state index in [1.165, 1.54) is 0 Å². The van der Waals surface area contributed by atoms with Crippen LogP contribution in [0.2, 0.25) is 0 Å². The van der Waals surface area contributed by atoms with Crippen LogP contribution in [0.5, 0.6) is 0 Å². The molecule has 168 valence electrons. The molecule has 34 heavy (non-hydrogen) atoms. The lowest BCUT2D eigenvalue weighted by molar-refractivity contribution is -0.150. The minimum atomic E-state index is -1.08. The Kier molecular flexibility index (Phi) is 6.85. The van der Waals surface area contributed by atoms with Crippen molar-refractivity contribution >= 4 is 11.9 Å². The van der Waals surface area contributed by atoms with Crippen LogP contribution in [0, 0.1) is 11.3 Å². The molecular formula is C28H22N2O4. The molecule has 0 amide bonds. The summed E-state index contributed by atoms with van der Waals surface area (Å²) in [5, 5.41) is 18.6. The van der Waals surface area contributed by atoms with E-state index in [4.69, 9.17) is 10.00 Å². The van der Waals surface area contributed by atoms with Crippen LogP contribution in [0.3, 0.4) is 0 Å². The normalized spacial score (nSPS) is 11.4. The molecule has 1 heterocycles. The van der Waals surface area contributed by atoms with Crippen molar-refractivity contribution in [1.29, 1.82) is 5.26 Å². The molecule has 0 saturated heterocycles. The number of rotatable bonds is 8. The molecule has 0 fully saturated rings. The van der Waals surface area contributed by atoms with E-state index in [1.54, 1.807) is 30.6 Å². The monoisotopic (exact) mass is 450 g/mol. The molecule has 0 spiro atoms. The van der Waals surface area contributed by atoms with Crippen LogP contribution in [0.25, 0.3) is 16.8 Å². The maximum atomic E-state index is 12.3. The Balaban J connectivity index is 1.44. The first-order valence-electron chi connectivity index (χ1n) is 10.7. The van der Waals surface area contributed by atoms with Gasteiger partial charge >= 0.3 is 11.9 Å².